The summed E-state index contributed by atoms with van der Waals surface area (Å²) < 4.78 is 7.24. The van der Waals surface area contributed by atoms with Crippen molar-refractivity contribution in [1.82, 2.24) is 19.8 Å². The molecular formula is C22H28N4O2S. The summed E-state index contributed by atoms with van der Waals surface area (Å²) in [5.74, 6) is -0.185. The van der Waals surface area contributed by atoms with Crippen molar-refractivity contribution < 1.29 is 9.53 Å². The fourth-order valence-corrected chi connectivity index (χ4v) is 4.97. The molecule has 1 N–H and O–H groups in total. The van der Waals surface area contributed by atoms with E-state index in [2.05, 4.69) is 38.1 Å². The summed E-state index contributed by atoms with van der Waals surface area (Å²) in [7, 11) is 1.43. The van der Waals surface area contributed by atoms with E-state index in [1.54, 1.807) is 0 Å². The van der Waals surface area contributed by atoms with Crippen LogP contribution in [0.15, 0.2) is 42.7 Å². The molecule has 1 saturated heterocycles. The Morgan fingerprint density at radius 3 is 2.83 bits per heavy atom. The van der Waals surface area contributed by atoms with Crippen LogP contribution in [-0.2, 0) is 9.53 Å². The molecule has 0 amide bonds. The summed E-state index contributed by atoms with van der Waals surface area (Å²) in [6.45, 7) is 0.699. The lowest BCUT2D eigenvalue weighted by atomic mass is 10.0. The molecule has 3 heterocycles. The maximum absolute atomic E-state index is 11.6. The normalized spacial score (nSPS) is 22.1. The Labute approximate surface area is 177 Å². The quantitative estimate of drug-likeness (QED) is 0.549. The zero-order chi connectivity index (χ0) is 20.2. The van der Waals surface area contributed by atoms with Gasteiger partial charge in [-0.1, -0.05) is 18.9 Å². The molecule has 1 aliphatic carbocycles. The third kappa shape index (κ3) is 4.15. The largest absolute Gasteiger partial charge is 0.469 e. The standard InChI is InChI=1S/C22H28N4O2S/c1-28-19(27)12-7-15-26-21(18-11-6-14-25(18)16-8-2-3-9-16)20(24-22(26)29)17-10-4-5-13-23-17/h4-6,10-11,13-14,16,20-21H,2-3,7-9,12,15H2,1H3,(H,24,29)/t20-,21-/m0/s1. The van der Waals surface area contributed by atoms with Gasteiger partial charge in [-0.15, -0.1) is 0 Å². The number of hydrogen-bond acceptors (Lipinski definition) is 4. The molecule has 2 aliphatic rings. The van der Waals surface area contributed by atoms with E-state index in [1.807, 2.05) is 24.4 Å². The van der Waals surface area contributed by atoms with Crippen LogP contribution in [0.25, 0.3) is 0 Å². The first-order chi connectivity index (χ1) is 14.2. The number of esters is 1. The van der Waals surface area contributed by atoms with Crippen LogP contribution in [0.3, 0.4) is 0 Å². The molecule has 0 aromatic carbocycles. The van der Waals surface area contributed by atoms with Crippen molar-refractivity contribution in [2.45, 2.75) is 56.7 Å². The molecule has 1 saturated carbocycles. The highest BCUT2D eigenvalue weighted by Crippen LogP contribution is 2.41. The van der Waals surface area contributed by atoms with Crippen molar-refractivity contribution in [2.75, 3.05) is 13.7 Å². The van der Waals surface area contributed by atoms with Crippen molar-refractivity contribution in [3.8, 4) is 0 Å². The molecule has 1 aliphatic heterocycles. The Kier molecular flexibility index (Phi) is 6.13. The second-order valence-electron chi connectivity index (χ2n) is 7.78. The Bertz CT molecular complexity index is 848. The Morgan fingerprint density at radius 2 is 2.10 bits per heavy atom. The van der Waals surface area contributed by atoms with Crippen LogP contribution in [0.2, 0.25) is 0 Å². The maximum atomic E-state index is 11.6. The van der Waals surface area contributed by atoms with Crippen LogP contribution in [0.1, 0.15) is 68.0 Å². The van der Waals surface area contributed by atoms with Gasteiger partial charge in [-0.3, -0.25) is 9.78 Å². The van der Waals surface area contributed by atoms with Gasteiger partial charge in [-0.25, -0.2) is 0 Å². The van der Waals surface area contributed by atoms with E-state index in [-0.39, 0.29) is 18.1 Å². The average Bonchev–Trinajstić information content (AvgIpc) is 3.48. The van der Waals surface area contributed by atoms with Gasteiger partial charge >= 0.3 is 5.97 Å². The highest BCUT2D eigenvalue weighted by Gasteiger charge is 2.41. The minimum absolute atomic E-state index is 0.0168. The number of hydrogen-bond donors (Lipinski definition) is 1. The molecule has 2 aromatic heterocycles. The van der Waals surface area contributed by atoms with Crippen LogP contribution in [-0.4, -0.2) is 39.2 Å². The van der Waals surface area contributed by atoms with Gasteiger partial charge in [0.2, 0.25) is 0 Å². The van der Waals surface area contributed by atoms with Gasteiger partial charge in [-0.05, 0) is 55.7 Å². The van der Waals surface area contributed by atoms with Gasteiger partial charge in [0.05, 0.1) is 24.9 Å². The SMILES string of the molecule is COC(=O)CCCN1C(=S)N[C@@H](c2ccccn2)[C@@H]1c1cccn1C1CCCC1. The highest BCUT2D eigenvalue weighted by atomic mass is 32.1. The van der Waals surface area contributed by atoms with Crippen LogP contribution < -0.4 is 5.32 Å². The van der Waals surface area contributed by atoms with Crippen molar-refractivity contribution in [3.63, 3.8) is 0 Å². The van der Waals surface area contributed by atoms with Crippen molar-refractivity contribution in [3.05, 3.63) is 54.1 Å². The van der Waals surface area contributed by atoms with E-state index >= 15 is 0 Å². The van der Waals surface area contributed by atoms with Gasteiger partial charge in [0.15, 0.2) is 5.11 Å². The molecule has 154 valence electrons. The topological polar surface area (TPSA) is 59.4 Å². The van der Waals surface area contributed by atoms with Crippen molar-refractivity contribution in [2.24, 2.45) is 0 Å². The first-order valence-electron chi connectivity index (χ1n) is 10.4. The van der Waals surface area contributed by atoms with E-state index in [0.717, 1.165) is 10.8 Å². The zero-order valence-corrected chi connectivity index (χ0v) is 17.6. The molecule has 29 heavy (non-hydrogen) atoms. The number of ether oxygens (including phenoxy) is 1. The number of methoxy groups -OCH3 is 1. The first-order valence-corrected chi connectivity index (χ1v) is 10.8. The summed E-state index contributed by atoms with van der Waals surface area (Å²) >= 11 is 5.72. The van der Waals surface area contributed by atoms with Gasteiger partial charge in [0, 0.05) is 37.1 Å². The Morgan fingerprint density at radius 1 is 1.28 bits per heavy atom. The number of carbonyl (C=O) groups is 1. The zero-order valence-electron chi connectivity index (χ0n) is 16.8. The predicted molar refractivity (Wildman–Crippen MR) is 115 cm³/mol. The Balaban J connectivity index is 1.65. The molecular weight excluding hydrogens is 384 g/mol. The summed E-state index contributed by atoms with van der Waals surface area (Å²) in [5, 5.41) is 4.21. The molecule has 2 fully saturated rings. The second kappa shape index (κ2) is 8.95. The van der Waals surface area contributed by atoms with E-state index < -0.39 is 0 Å². The number of thiocarbonyl (C=S) groups is 1. The Hall–Kier alpha value is -2.41. The summed E-state index contributed by atoms with van der Waals surface area (Å²) in [6, 6.07) is 10.9. The molecule has 0 spiro atoms. The number of rotatable bonds is 7. The second-order valence-corrected chi connectivity index (χ2v) is 8.16. The lowest BCUT2D eigenvalue weighted by Crippen LogP contribution is -2.32. The van der Waals surface area contributed by atoms with Gasteiger partial charge in [0.25, 0.3) is 0 Å². The number of nitrogens with one attached hydrogen (secondary N) is 1. The van der Waals surface area contributed by atoms with E-state index in [1.165, 1.54) is 38.5 Å². The summed E-state index contributed by atoms with van der Waals surface area (Å²) in [5.41, 5.74) is 2.24. The molecule has 2 atom stereocenters. The van der Waals surface area contributed by atoms with E-state index in [4.69, 9.17) is 17.0 Å². The van der Waals surface area contributed by atoms with Crippen LogP contribution in [0.5, 0.6) is 0 Å². The third-order valence-corrected chi connectivity index (χ3v) is 6.39. The van der Waals surface area contributed by atoms with E-state index in [9.17, 15) is 4.79 Å². The van der Waals surface area contributed by atoms with Gasteiger partial charge in [-0.2, -0.15) is 0 Å². The lowest BCUT2D eigenvalue weighted by molar-refractivity contribution is -0.140. The molecule has 0 bridgehead atoms. The van der Waals surface area contributed by atoms with Crippen LogP contribution >= 0.6 is 12.2 Å². The fraction of sp³-hybridized carbons (Fsp3) is 0.500. The number of pyridine rings is 1. The predicted octanol–water partition coefficient (Wildman–Crippen LogP) is 3.92. The van der Waals surface area contributed by atoms with Crippen molar-refractivity contribution >= 4 is 23.3 Å². The summed E-state index contributed by atoms with van der Waals surface area (Å²) in [4.78, 5) is 18.4. The van der Waals surface area contributed by atoms with Gasteiger partial charge in [0.1, 0.15) is 0 Å². The molecule has 2 aromatic rings. The van der Waals surface area contributed by atoms with E-state index in [0.29, 0.717) is 25.4 Å². The van der Waals surface area contributed by atoms with Crippen LogP contribution in [0, 0.1) is 0 Å². The molecule has 7 heteroatoms. The maximum Gasteiger partial charge on any atom is 0.305 e. The number of nitrogens with zero attached hydrogens (tertiary/aromatic N) is 3. The highest BCUT2D eigenvalue weighted by molar-refractivity contribution is 7.80. The van der Waals surface area contributed by atoms with Crippen molar-refractivity contribution in [1.29, 1.82) is 0 Å². The smallest absolute Gasteiger partial charge is 0.305 e. The third-order valence-electron chi connectivity index (χ3n) is 6.04. The molecule has 6 nitrogen and oxygen atoms in total. The summed E-state index contributed by atoms with van der Waals surface area (Å²) in [6.07, 6.45) is 10.1. The monoisotopic (exact) mass is 412 g/mol. The molecule has 0 radical (unpaired) electrons. The molecule has 4 rings (SSSR count). The number of carbonyl (C=O) groups excluding carboxylic acids is 1. The minimum Gasteiger partial charge on any atom is -0.469 e. The average molecular weight is 413 g/mol. The lowest BCUT2D eigenvalue weighted by Gasteiger charge is -2.30. The van der Waals surface area contributed by atoms with Crippen LogP contribution in [0.4, 0.5) is 0 Å². The fourth-order valence-electron chi connectivity index (χ4n) is 4.64. The van der Waals surface area contributed by atoms with Gasteiger partial charge < -0.3 is 19.5 Å². The minimum atomic E-state index is -0.185. The molecule has 0 unspecified atom stereocenters. The first kappa shape index (κ1) is 19.9. The number of aromatic nitrogens is 2.